The average Bonchev–Trinajstić information content (AvgIpc) is 2.60. The highest BCUT2D eigenvalue weighted by molar-refractivity contribution is 5.67. The minimum atomic E-state index is -0.365. The third-order valence-electron chi connectivity index (χ3n) is 2.25. The second-order valence-electron chi connectivity index (χ2n) is 3.34. The Morgan fingerprint density at radius 2 is 2.57 bits per heavy atom. The van der Waals surface area contributed by atoms with Crippen LogP contribution in [0.3, 0.4) is 0 Å². The van der Waals surface area contributed by atoms with Crippen LogP contribution in [0.15, 0.2) is 17.0 Å². The molecule has 76 valence electrons. The summed E-state index contributed by atoms with van der Waals surface area (Å²) in [5, 5.41) is 6.14. The molecule has 1 aliphatic rings. The number of alkyl carbamates (subject to hydrolysis) is 1. The van der Waals surface area contributed by atoms with Gasteiger partial charge in [0.25, 0.3) is 0 Å². The van der Waals surface area contributed by atoms with E-state index in [1.54, 1.807) is 6.20 Å². The fourth-order valence-electron chi connectivity index (χ4n) is 1.17. The van der Waals surface area contributed by atoms with E-state index in [0.29, 0.717) is 6.54 Å². The van der Waals surface area contributed by atoms with Gasteiger partial charge in [-0.25, -0.2) is 4.79 Å². The summed E-state index contributed by atoms with van der Waals surface area (Å²) < 4.78 is 9.70. The summed E-state index contributed by atoms with van der Waals surface area (Å²) in [4.78, 5) is 11.2. The summed E-state index contributed by atoms with van der Waals surface area (Å²) in [5.41, 5.74) is 0.829. The van der Waals surface area contributed by atoms with Crippen LogP contribution in [0.5, 0.6) is 0 Å². The normalized spacial score (nSPS) is 16.0. The quantitative estimate of drug-likeness (QED) is 0.794. The molecule has 0 aromatic carbocycles. The maximum absolute atomic E-state index is 11.2. The van der Waals surface area contributed by atoms with Crippen LogP contribution in [0.25, 0.3) is 0 Å². The van der Waals surface area contributed by atoms with Gasteiger partial charge in [-0.15, -0.1) is 0 Å². The molecule has 1 saturated carbocycles. The fourth-order valence-corrected chi connectivity index (χ4v) is 1.17. The summed E-state index contributed by atoms with van der Waals surface area (Å²) in [6, 6.07) is 0. The SMILES string of the molecule is O=C(NCc1cnoc1)OC1CCC1. The molecule has 14 heavy (non-hydrogen) atoms. The zero-order chi connectivity index (χ0) is 9.80. The molecule has 1 fully saturated rings. The zero-order valence-electron chi connectivity index (χ0n) is 7.73. The van der Waals surface area contributed by atoms with E-state index >= 15 is 0 Å². The number of nitrogens with one attached hydrogen (secondary N) is 1. The van der Waals surface area contributed by atoms with Gasteiger partial charge in [-0.3, -0.25) is 0 Å². The Morgan fingerprint density at radius 3 is 3.14 bits per heavy atom. The topological polar surface area (TPSA) is 64.4 Å². The number of ether oxygens (including phenoxy) is 1. The summed E-state index contributed by atoms with van der Waals surface area (Å²) in [6.45, 7) is 0.398. The van der Waals surface area contributed by atoms with E-state index in [-0.39, 0.29) is 12.2 Å². The first-order valence-electron chi connectivity index (χ1n) is 4.67. The molecule has 1 aromatic rings. The lowest BCUT2D eigenvalue weighted by Gasteiger charge is -2.24. The first-order chi connectivity index (χ1) is 6.84. The summed E-state index contributed by atoms with van der Waals surface area (Å²) >= 11 is 0. The highest BCUT2D eigenvalue weighted by Gasteiger charge is 2.21. The lowest BCUT2D eigenvalue weighted by molar-refractivity contribution is 0.0522. The van der Waals surface area contributed by atoms with Gasteiger partial charge < -0.3 is 14.6 Å². The second kappa shape index (κ2) is 4.13. The van der Waals surface area contributed by atoms with Gasteiger partial charge in [0.15, 0.2) is 0 Å². The van der Waals surface area contributed by atoms with Gasteiger partial charge in [0, 0.05) is 5.56 Å². The third-order valence-corrected chi connectivity index (χ3v) is 2.25. The first-order valence-corrected chi connectivity index (χ1v) is 4.67. The average molecular weight is 196 g/mol. The minimum absolute atomic E-state index is 0.123. The summed E-state index contributed by atoms with van der Waals surface area (Å²) in [6.07, 6.45) is 5.94. The Hall–Kier alpha value is -1.52. The van der Waals surface area contributed by atoms with Crippen LogP contribution in [0, 0.1) is 0 Å². The van der Waals surface area contributed by atoms with Crippen molar-refractivity contribution >= 4 is 6.09 Å². The molecular formula is C9H12N2O3. The van der Waals surface area contributed by atoms with E-state index in [0.717, 1.165) is 24.8 Å². The van der Waals surface area contributed by atoms with E-state index in [1.165, 1.54) is 6.26 Å². The van der Waals surface area contributed by atoms with Crippen LogP contribution in [0.4, 0.5) is 4.79 Å². The molecule has 1 amide bonds. The second-order valence-corrected chi connectivity index (χ2v) is 3.34. The molecule has 0 radical (unpaired) electrons. The lowest BCUT2D eigenvalue weighted by Crippen LogP contribution is -2.31. The predicted octanol–water partition coefficient (Wildman–Crippen LogP) is 1.45. The van der Waals surface area contributed by atoms with Gasteiger partial charge in [-0.1, -0.05) is 5.16 Å². The Kier molecular flexibility index (Phi) is 2.67. The summed E-state index contributed by atoms with van der Waals surface area (Å²) in [5.74, 6) is 0. The van der Waals surface area contributed by atoms with Crippen LogP contribution in [-0.4, -0.2) is 17.4 Å². The van der Waals surface area contributed by atoms with Crippen LogP contribution in [-0.2, 0) is 11.3 Å². The number of carbonyl (C=O) groups is 1. The van der Waals surface area contributed by atoms with Gasteiger partial charge in [0.2, 0.25) is 0 Å². The molecule has 0 unspecified atom stereocenters. The largest absolute Gasteiger partial charge is 0.446 e. The Bertz CT molecular complexity index is 293. The van der Waals surface area contributed by atoms with Crippen molar-refractivity contribution in [3.63, 3.8) is 0 Å². The molecule has 1 aliphatic carbocycles. The molecule has 0 saturated heterocycles. The number of rotatable bonds is 3. The standard InChI is InChI=1S/C9H12N2O3/c12-9(14-8-2-1-3-8)10-4-7-5-11-13-6-7/h5-6,8H,1-4H2,(H,10,12). The number of hydrogen-bond donors (Lipinski definition) is 1. The molecular weight excluding hydrogens is 184 g/mol. The van der Waals surface area contributed by atoms with E-state index in [1.807, 2.05) is 0 Å². The molecule has 5 heteroatoms. The smallest absolute Gasteiger partial charge is 0.407 e. The molecule has 1 N–H and O–H groups in total. The first kappa shape index (κ1) is 9.05. The van der Waals surface area contributed by atoms with Crippen LogP contribution < -0.4 is 5.32 Å². The maximum atomic E-state index is 11.2. The lowest BCUT2D eigenvalue weighted by atomic mass is 9.96. The van der Waals surface area contributed by atoms with Crippen molar-refractivity contribution < 1.29 is 14.1 Å². The van der Waals surface area contributed by atoms with Crippen LogP contribution >= 0.6 is 0 Å². The Morgan fingerprint density at radius 1 is 1.71 bits per heavy atom. The van der Waals surface area contributed by atoms with Gasteiger partial charge in [0.05, 0.1) is 12.7 Å². The molecule has 0 aliphatic heterocycles. The molecule has 0 spiro atoms. The Balaban J connectivity index is 1.67. The maximum Gasteiger partial charge on any atom is 0.407 e. The van der Waals surface area contributed by atoms with Gasteiger partial charge >= 0.3 is 6.09 Å². The monoisotopic (exact) mass is 196 g/mol. The zero-order valence-corrected chi connectivity index (χ0v) is 7.73. The van der Waals surface area contributed by atoms with Crippen molar-refractivity contribution in [1.29, 1.82) is 0 Å². The highest BCUT2D eigenvalue weighted by Crippen LogP contribution is 2.21. The van der Waals surface area contributed by atoms with Crippen molar-refractivity contribution in [3.05, 3.63) is 18.0 Å². The van der Waals surface area contributed by atoms with Crippen LogP contribution in [0.1, 0.15) is 24.8 Å². The van der Waals surface area contributed by atoms with Crippen molar-refractivity contribution in [2.45, 2.75) is 31.9 Å². The minimum Gasteiger partial charge on any atom is -0.446 e. The van der Waals surface area contributed by atoms with Gasteiger partial charge in [-0.2, -0.15) is 0 Å². The summed E-state index contributed by atoms with van der Waals surface area (Å²) in [7, 11) is 0. The van der Waals surface area contributed by atoms with Crippen molar-refractivity contribution in [2.75, 3.05) is 0 Å². The van der Waals surface area contributed by atoms with Crippen molar-refractivity contribution in [3.8, 4) is 0 Å². The molecule has 0 bridgehead atoms. The van der Waals surface area contributed by atoms with E-state index < -0.39 is 0 Å². The third kappa shape index (κ3) is 2.25. The molecule has 0 atom stereocenters. The number of carbonyl (C=O) groups excluding carboxylic acids is 1. The highest BCUT2D eigenvalue weighted by atomic mass is 16.6. The number of nitrogens with zero attached hydrogens (tertiary/aromatic N) is 1. The molecule has 2 rings (SSSR count). The van der Waals surface area contributed by atoms with E-state index in [4.69, 9.17) is 4.74 Å². The van der Waals surface area contributed by atoms with E-state index in [2.05, 4.69) is 15.0 Å². The molecule has 5 nitrogen and oxygen atoms in total. The van der Waals surface area contributed by atoms with Crippen molar-refractivity contribution in [1.82, 2.24) is 10.5 Å². The molecule has 1 heterocycles. The number of amides is 1. The number of aromatic nitrogens is 1. The van der Waals surface area contributed by atoms with Crippen molar-refractivity contribution in [2.24, 2.45) is 0 Å². The van der Waals surface area contributed by atoms with Gasteiger partial charge in [-0.05, 0) is 19.3 Å². The Labute approximate surface area is 81.4 Å². The predicted molar refractivity (Wildman–Crippen MR) is 47.5 cm³/mol. The molecule has 1 aromatic heterocycles. The van der Waals surface area contributed by atoms with Gasteiger partial charge in [0.1, 0.15) is 12.4 Å². The van der Waals surface area contributed by atoms with Crippen LogP contribution in [0.2, 0.25) is 0 Å². The fraction of sp³-hybridized carbons (Fsp3) is 0.556. The number of hydrogen-bond acceptors (Lipinski definition) is 4. The van der Waals surface area contributed by atoms with E-state index in [9.17, 15) is 4.79 Å².